The summed E-state index contributed by atoms with van der Waals surface area (Å²) in [7, 11) is 1.58. The van der Waals surface area contributed by atoms with E-state index in [0.29, 0.717) is 30.8 Å². The van der Waals surface area contributed by atoms with Crippen LogP contribution in [0.3, 0.4) is 0 Å². The highest BCUT2D eigenvalue weighted by Gasteiger charge is 2.75. The van der Waals surface area contributed by atoms with Crippen LogP contribution in [0.15, 0.2) is 24.3 Å². The van der Waals surface area contributed by atoms with Gasteiger partial charge >= 0.3 is 0 Å². The molecule has 3 aliphatic rings. The summed E-state index contributed by atoms with van der Waals surface area (Å²) in [6.45, 7) is 2.74. The predicted molar refractivity (Wildman–Crippen MR) is 131 cm³/mol. The van der Waals surface area contributed by atoms with Gasteiger partial charge in [-0.15, -0.1) is 11.8 Å². The van der Waals surface area contributed by atoms with Gasteiger partial charge in [-0.3, -0.25) is 14.4 Å². The van der Waals surface area contributed by atoms with Gasteiger partial charge in [0.15, 0.2) is 0 Å². The van der Waals surface area contributed by atoms with Crippen LogP contribution in [0.5, 0.6) is 5.75 Å². The highest BCUT2D eigenvalue weighted by molar-refractivity contribution is 9.09. The maximum Gasteiger partial charge on any atom is 0.248 e. The molecule has 0 radical (unpaired) electrons. The molecule has 10 heteroatoms. The second kappa shape index (κ2) is 9.84. The highest BCUT2D eigenvalue weighted by atomic mass is 79.9. The fourth-order valence-electron chi connectivity index (χ4n) is 5.46. The Balaban J connectivity index is 1.66. The van der Waals surface area contributed by atoms with Gasteiger partial charge in [0.2, 0.25) is 17.7 Å². The van der Waals surface area contributed by atoms with E-state index in [9.17, 15) is 19.5 Å². The number of aliphatic hydroxyl groups excluding tert-OH is 1. The number of likely N-dealkylation sites (tertiary alicyclic amines) is 1. The third-order valence-corrected chi connectivity index (χ3v) is 10.0. The lowest BCUT2D eigenvalue weighted by molar-refractivity contribution is -0.139. The van der Waals surface area contributed by atoms with Crippen LogP contribution in [0.1, 0.15) is 26.2 Å². The molecule has 1 aromatic rings. The van der Waals surface area contributed by atoms with Gasteiger partial charge in [0, 0.05) is 35.5 Å². The average Bonchev–Trinajstić information content (AvgIpc) is 3.39. The minimum Gasteiger partial charge on any atom is -0.497 e. The fraction of sp³-hybridized carbons (Fsp3) is 0.609. The van der Waals surface area contributed by atoms with Crippen LogP contribution in [0, 0.1) is 11.8 Å². The zero-order valence-corrected chi connectivity index (χ0v) is 21.2. The van der Waals surface area contributed by atoms with Crippen molar-refractivity contribution in [1.82, 2.24) is 10.2 Å². The molecule has 3 aliphatic heterocycles. The molecule has 180 valence electrons. The molecule has 3 heterocycles. The summed E-state index contributed by atoms with van der Waals surface area (Å²) in [5.41, 5.74) is 0.611. The van der Waals surface area contributed by atoms with Gasteiger partial charge in [0.1, 0.15) is 11.8 Å². The summed E-state index contributed by atoms with van der Waals surface area (Å²) in [4.78, 5) is 42.0. The van der Waals surface area contributed by atoms with Crippen LogP contribution in [0.2, 0.25) is 0 Å². The molecule has 2 bridgehead atoms. The Morgan fingerprint density at radius 3 is 2.67 bits per heavy atom. The smallest absolute Gasteiger partial charge is 0.248 e. The molecule has 3 saturated heterocycles. The Bertz CT molecular complexity index is 916. The van der Waals surface area contributed by atoms with E-state index in [1.54, 1.807) is 48.0 Å². The van der Waals surface area contributed by atoms with Crippen LogP contribution < -0.4 is 15.4 Å². The largest absolute Gasteiger partial charge is 0.497 e. The van der Waals surface area contributed by atoms with Crippen molar-refractivity contribution in [3.63, 3.8) is 0 Å². The van der Waals surface area contributed by atoms with Crippen LogP contribution in [0.25, 0.3) is 0 Å². The van der Waals surface area contributed by atoms with Crippen molar-refractivity contribution in [1.29, 1.82) is 0 Å². The zero-order chi connectivity index (χ0) is 23.8. The molecule has 0 aromatic heterocycles. The number of alkyl halides is 1. The number of aliphatic hydroxyl groups is 1. The Morgan fingerprint density at radius 1 is 1.30 bits per heavy atom. The predicted octanol–water partition coefficient (Wildman–Crippen LogP) is 2.01. The summed E-state index contributed by atoms with van der Waals surface area (Å²) in [6, 6.07) is 6.32. The van der Waals surface area contributed by atoms with Crippen LogP contribution >= 0.6 is 27.7 Å². The molecule has 0 aliphatic carbocycles. The summed E-state index contributed by atoms with van der Waals surface area (Å²) < 4.78 is 4.50. The molecular formula is C23H30BrN3O5S. The lowest BCUT2D eigenvalue weighted by Crippen LogP contribution is -2.53. The number of nitrogens with zero attached hydrogens (tertiary/aromatic N) is 1. The van der Waals surface area contributed by atoms with E-state index >= 15 is 0 Å². The number of benzene rings is 1. The number of carbonyl (C=O) groups is 3. The van der Waals surface area contributed by atoms with Gasteiger partial charge in [-0.2, -0.15) is 0 Å². The van der Waals surface area contributed by atoms with E-state index in [2.05, 4.69) is 26.6 Å². The maximum absolute atomic E-state index is 13.7. The highest BCUT2D eigenvalue weighted by Crippen LogP contribution is 2.67. The lowest BCUT2D eigenvalue weighted by Gasteiger charge is -2.35. The summed E-state index contributed by atoms with van der Waals surface area (Å²) in [5, 5.41) is 15.3. The first-order chi connectivity index (χ1) is 15.9. The SMILES string of the molecule is CCCNC(=O)[C@H]1[C@@H]2SC3(CC2Br)C(C(=O)Nc2ccc(OC)cc2)N(CCCO)C(=O)[C@H]13. The standard InChI is InChI=1S/C23H30BrN3O5S/c1-3-9-25-20(29)16-17-22(31)27(10-4-11-28)19(23(17)12-15(24)18(16)33-23)21(30)26-13-5-7-14(32-2)8-6-13/h5-8,15-19,28H,3-4,9-12H2,1-2H3,(H,25,29)(H,26,30)/t15?,16-,17+,18-,19?,23?/m1/s1. The van der Waals surface area contributed by atoms with Gasteiger partial charge in [-0.1, -0.05) is 22.9 Å². The Morgan fingerprint density at radius 2 is 2.03 bits per heavy atom. The minimum atomic E-state index is -0.720. The summed E-state index contributed by atoms with van der Waals surface area (Å²) in [6.07, 6.45) is 1.82. The number of hydrogen-bond acceptors (Lipinski definition) is 6. The monoisotopic (exact) mass is 539 g/mol. The number of thioether (sulfide) groups is 1. The molecular weight excluding hydrogens is 510 g/mol. The second-order valence-electron chi connectivity index (χ2n) is 8.78. The molecule has 4 rings (SSSR count). The van der Waals surface area contributed by atoms with E-state index < -0.39 is 22.6 Å². The molecule has 1 spiro atoms. The molecule has 8 nitrogen and oxygen atoms in total. The van der Waals surface area contributed by atoms with Gasteiger partial charge < -0.3 is 25.4 Å². The van der Waals surface area contributed by atoms with E-state index in [1.807, 2.05) is 6.92 Å². The second-order valence-corrected chi connectivity index (χ2v) is 11.5. The number of methoxy groups -OCH3 is 1. The lowest BCUT2D eigenvalue weighted by atomic mass is 9.70. The van der Waals surface area contributed by atoms with Crippen molar-refractivity contribution in [2.75, 3.05) is 32.1 Å². The third kappa shape index (κ3) is 4.14. The van der Waals surface area contributed by atoms with E-state index in [4.69, 9.17) is 4.74 Å². The van der Waals surface area contributed by atoms with E-state index in [-0.39, 0.29) is 41.0 Å². The summed E-state index contributed by atoms with van der Waals surface area (Å²) >= 11 is 5.35. The Kier molecular flexibility index (Phi) is 7.26. The van der Waals surface area contributed by atoms with Crippen LogP contribution in [-0.2, 0) is 14.4 Å². The van der Waals surface area contributed by atoms with Gasteiger partial charge in [-0.25, -0.2) is 0 Å². The number of fused-ring (bicyclic) bond motifs is 1. The zero-order valence-electron chi connectivity index (χ0n) is 18.8. The summed E-state index contributed by atoms with van der Waals surface area (Å²) in [5.74, 6) is -0.899. The molecule has 33 heavy (non-hydrogen) atoms. The van der Waals surface area contributed by atoms with Crippen molar-refractivity contribution >= 4 is 51.1 Å². The number of carbonyl (C=O) groups excluding carboxylic acids is 3. The molecule has 0 saturated carbocycles. The Hall–Kier alpha value is -1.78. The number of rotatable bonds is 9. The number of nitrogens with one attached hydrogen (secondary N) is 2. The van der Waals surface area contributed by atoms with Crippen molar-refractivity contribution in [2.45, 2.75) is 47.1 Å². The molecule has 1 aromatic carbocycles. The van der Waals surface area contributed by atoms with Gasteiger partial charge in [0.25, 0.3) is 0 Å². The van der Waals surface area contributed by atoms with Crippen LogP contribution in [0.4, 0.5) is 5.69 Å². The number of anilines is 1. The average molecular weight is 540 g/mol. The minimum absolute atomic E-state index is 0.0398. The molecule has 3 N–H and O–H groups in total. The maximum atomic E-state index is 13.7. The van der Waals surface area contributed by atoms with Crippen molar-refractivity contribution in [2.24, 2.45) is 11.8 Å². The first kappa shape index (κ1) is 24.3. The first-order valence-electron chi connectivity index (χ1n) is 11.3. The molecule has 3 fully saturated rings. The van der Waals surface area contributed by atoms with Gasteiger partial charge in [-0.05, 0) is 43.5 Å². The van der Waals surface area contributed by atoms with Crippen molar-refractivity contribution in [3.8, 4) is 5.75 Å². The molecule has 3 unspecified atom stereocenters. The topological polar surface area (TPSA) is 108 Å². The quantitative estimate of drug-likeness (QED) is 0.414. The van der Waals surface area contributed by atoms with Crippen molar-refractivity contribution in [3.05, 3.63) is 24.3 Å². The fourth-order valence-corrected chi connectivity index (χ4v) is 9.08. The third-order valence-electron chi connectivity index (χ3n) is 6.80. The Labute approximate surface area is 206 Å². The number of amides is 3. The van der Waals surface area contributed by atoms with E-state index in [0.717, 1.165) is 6.42 Å². The number of halogens is 1. The number of ether oxygens (including phenoxy) is 1. The van der Waals surface area contributed by atoms with Crippen LogP contribution in [-0.4, -0.2) is 75.4 Å². The molecule has 3 amide bonds. The molecule has 6 atom stereocenters. The van der Waals surface area contributed by atoms with Crippen molar-refractivity contribution < 1.29 is 24.2 Å². The first-order valence-corrected chi connectivity index (χ1v) is 13.1. The number of hydrogen-bond donors (Lipinski definition) is 3. The van der Waals surface area contributed by atoms with Gasteiger partial charge in [0.05, 0.1) is 23.7 Å². The van der Waals surface area contributed by atoms with E-state index in [1.165, 1.54) is 0 Å². The normalized spacial score (nSPS) is 32.1.